The Balaban J connectivity index is 2.82. The van der Waals surface area contributed by atoms with Crippen LogP contribution < -0.4 is 10.1 Å². The van der Waals surface area contributed by atoms with E-state index in [2.05, 4.69) is 5.32 Å². The van der Waals surface area contributed by atoms with Crippen LogP contribution in [0.3, 0.4) is 0 Å². The van der Waals surface area contributed by atoms with Gasteiger partial charge in [0.15, 0.2) is 0 Å². The number of nitrogens with one attached hydrogen (secondary N) is 1. The van der Waals surface area contributed by atoms with Crippen LogP contribution in [-0.4, -0.2) is 30.7 Å². The Morgan fingerprint density at radius 3 is 2.68 bits per heavy atom. The molecule has 0 unspecified atom stereocenters. The highest BCUT2D eigenvalue weighted by molar-refractivity contribution is 5.93. The van der Waals surface area contributed by atoms with E-state index in [1.807, 2.05) is 0 Å². The van der Waals surface area contributed by atoms with E-state index in [1.54, 1.807) is 13.8 Å². The van der Waals surface area contributed by atoms with Gasteiger partial charge in [-0.2, -0.15) is 0 Å². The van der Waals surface area contributed by atoms with E-state index in [4.69, 9.17) is 9.47 Å². The fraction of sp³-hybridized carbons (Fsp3) is 0.417. The minimum atomic E-state index is -0.542. The molecule has 1 N–H and O–H groups in total. The SMILES string of the molecule is COc1ccc([N+](=O)[O-])cc1NC(=O)COC(C)C. The number of nitrogens with zero attached hydrogens (tertiary/aromatic N) is 1. The molecular formula is C12H16N2O5. The molecule has 0 aliphatic rings. The van der Waals surface area contributed by atoms with Gasteiger partial charge >= 0.3 is 0 Å². The third-order valence-electron chi connectivity index (χ3n) is 2.22. The first-order valence-electron chi connectivity index (χ1n) is 5.68. The Kier molecular flexibility index (Phi) is 5.25. The molecule has 0 aliphatic carbocycles. The second kappa shape index (κ2) is 6.69. The van der Waals surface area contributed by atoms with Gasteiger partial charge in [-0.1, -0.05) is 0 Å². The van der Waals surface area contributed by atoms with Gasteiger partial charge in [-0.25, -0.2) is 0 Å². The number of non-ortho nitro benzene ring substituents is 1. The molecule has 0 bridgehead atoms. The van der Waals surface area contributed by atoms with Crippen LogP contribution in [0, 0.1) is 10.1 Å². The van der Waals surface area contributed by atoms with Crippen LogP contribution in [0.15, 0.2) is 18.2 Å². The van der Waals surface area contributed by atoms with Crippen molar-refractivity contribution in [3.05, 3.63) is 28.3 Å². The summed E-state index contributed by atoms with van der Waals surface area (Å²) in [4.78, 5) is 21.7. The summed E-state index contributed by atoms with van der Waals surface area (Å²) in [6.07, 6.45) is -0.0715. The average Bonchev–Trinajstić information content (AvgIpc) is 2.36. The molecule has 7 heteroatoms. The monoisotopic (exact) mass is 268 g/mol. The van der Waals surface area contributed by atoms with Gasteiger partial charge < -0.3 is 14.8 Å². The van der Waals surface area contributed by atoms with Crippen molar-refractivity contribution in [2.45, 2.75) is 20.0 Å². The molecule has 104 valence electrons. The lowest BCUT2D eigenvalue weighted by atomic mass is 10.2. The van der Waals surface area contributed by atoms with Crippen LogP contribution in [0.1, 0.15) is 13.8 Å². The molecule has 7 nitrogen and oxygen atoms in total. The van der Waals surface area contributed by atoms with Crippen LogP contribution in [-0.2, 0) is 9.53 Å². The number of rotatable bonds is 6. The van der Waals surface area contributed by atoms with Crippen molar-refractivity contribution in [2.24, 2.45) is 0 Å². The summed E-state index contributed by atoms with van der Waals surface area (Å²) in [7, 11) is 1.42. The predicted octanol–water partition coefficient (Wildman–Crippen LogP) is 1.97. The Morgan fingerprint density at radius 1 is 1.47 bits per heavy atom. The predicted molar refractivity (Wildman–Crippen MR) is 69.4 cm³/mol. The second-order valence-corrected chi connectivity index (χ2v) is 4.05. The first-order valence-corrected chi connectivity index (χ1v) is 5.68. The number of hydrogen-bond acceptors (Lipinski definition) is 5. The summed E-state index contributed by atoms with van der Waals surface area (Å²) in [5, 5.41) is 13.2. The van der Waals surface area contributed by atoms with Gasteiger partial charge in [-0.05, 0) is 19.9 Å². The van der Waals surface area contributed by atoms with Gasteiger partial charge in [-0.15, -0.1) is 0 Å². The van der Waals surface area contributed by atoms with Crippen molar-refractivity contribution in [1.29, 1.82) is 0 Å². The normalized spacial score (nSPS) is 10.3. The molecule has 19 heavy (non-hydrogen) atoms. The fourth-order valence-corrected chi connectivity index (χ4v) is 1.34. The molecule has 1 rings (SSSR count). The Labute approximate surface area is 110 Å². The first-order chi connectivity index (χ1) is 8.93. The molecule has 0 spiro atoms. The number of carbonyl (C=O) groups excluding carboxylic acids is 1. The summed E-state index contributed by atoms with van der Waals surface area (Å²) in [6, 6.07) is 3.97. The van der Waals surface area contributed by atoms with E-state index >= 15 is 0 Å². The Morgan fingerprint density at radius 2 is 2.16 bits per heavy atom. The van der Waals surface area contributed by atoms with Crippen LogP contribution in [0.5, 0.6) is 5.75 Å². The molecule has 0 aliphatic heterocycles. The van der Waals surface area contributed by atoms with Crippen molar-refractivity contribution < 1.29 is 19.2 Å². The van der Waals surface area contributed by atoms with Crippen molar-refractivity contribution >= 4 is 17.3 Å². The standard InChI is InChI=1S/C12H16N2O5/c1-8(2)19-7-12(15)13-10-6-9(14(16)17)4-5-11(10)18-3/h4-6,8H,7H2,1-3H3,(H,13,15). The van der Waals surface area contributed by atoms with E-state index in [0.29, 0.717) is 5.75 Å². The fourth-order valence-electron chi connectivity index (χ4n) is 1.34. The van der Waals surface area contributed by atoms with Crippen LogP contribution >= 0.6 is 0 Å². The highest BCUT2D eigenvalue weighted by atomic mass is 16.6. The lowest BCUT2D eigenvalue weighted by molar-refractivity contribution is -0.384. The zero-order chi connectivity index (χ0) is 14.4. The van der Waals surface area contributed by atoms with Crippen LogP contribution in [0.25, 0.3) is 0 Å². The highest BCUT2D eigenvalue weighted by Crippen LogP contribution is 2.28. The maximum Gasteiger partial charge on any atom is 0.271 e. The minimum absolute atomic E-state index is 0.0715. The molecule has 0 heterocycles. The smallest absolute Gasteiger partial charge is 0.271 e. The molecule has 0 saturated carbocycles. The summed E-state index contributed by atoms with van der Waals surface area (Å²) >= 11 is 0. The zero-order valence-electron chi connectivity index (χ0n) is 11.0. The van der Waals surface area contributed by atoms with Crippen molar-refractivity contribution in [2.75, 3.05) is 19.0 Å². The van der Waals surface area contributed by atoms with Gasteiger partial charge in [0, 0.05) is 12.1 Å². The lowest BCUT2D eigenvalue weighted by Gasteiger charge is -2.11. The van der Waals surface area contributed by atoms with E-state index in [9.17, 15) is 14.9 Å². The molecular weight excluding hydrogens is 252 g/mol. The number of amides is 1. The van der Waals surface area contributed by atoms with Crippen LogP contribution in [0.2, 0.25) is 0 Å². The summed E-state index contributed by atoms with van der Waals surface area (Å²) in [6.45, 7) is 3.49. The van der Waals surface area contributed by atoms with Crippen LogP contribution in [0.4, 0.5) is 11.4 Å². The van der Waals surface area contributed by atoms with Gasteiger partial charge in [0.2, 0.25) is 5.91 Å². The third-order valence-corrected chi connectivity index (χ3v) is 2.22. The summed E-state index contributed by atoms with van der Waals surface area (Å²) < 4.78 is 10.2. The Hall–Kier alpha value is -2.15. The quantitative estimate of drug-likeness (QED) is 0.629. The van der Waals surface area contributed by atoms with Gasteiger partial charge in [0.25, 0.3) is 5.69 Å². The topological polar surface area (TPSA) is 90.7 Å². The number of nitro benzene ring substituents is 1. The maximum atomic E-state index is 11.6. The number of benzene rings is 1. The number of anilines is 1. The van der Waals surface area contributed by atoms with E-state index in [1.165, 1.54) is 25.3 Å². The van der Waals surface area contributed by atoms with E-state index in [0.717, 1.165) is 0 Å². The molecule has 0 atom stereocenters. The number of carbonyl (C=O) groups is 1. The molecule has 1 amide bonds. The molecule has 0 fully saturated rings. The van der Waals surface area contributed by atoms with E-state index in [-0.39, 0.29) is 24.1 Å². The van der Waals surface area contributed by atoms with Crippen molar-refractivity contribution in [3.63, 3.8) is 0 Å². The summed E-state index contributed by atoms with van der Waals surface area (Å²) in [5.74, 6) is -0.0454. The number of methoxy groups -OCH3 is 1. The third kappa shape index (κ3) is 4.55. The molecule has 0 aromatic heterocycles. The van der Waals surface area contributed by atoms with Crippen molar-refractivity contribution in [3.8, 4) is 5.75 Å². The maximum absolute atomic E-state index is 11.6. The van der Waals surface area contributed by atoms with E-state index < -0.39 is 10.8 Å². The van der Waals surface area contributed by atoms with Gasteiger partial charge in [0.05, 0.1) is 23.8 Å². The second-order valence-electron chi connectivity index (χ2n) is 4.05. The highest BCUT2D eigenvalue weighted by Gasteiger charge is 2.13. The molecule has 1 aromatic carbocycles. The molecule has 1 aromatic rings. The lowest BCUT2D eigenvalue weighted by Crippen LogP contribution is -2.21. The van der Waals surface area contributed by atoms with Gasteiger partial charge in [-0.3, -0.25) is 14.9 Å². The minimum Gasteiger partial charge on any atom is -0.495 e. The first kappa shape index (κ1) is 14.9. The molecule has 0 radical (unpaired) electrons. The number of nitro groups is 1. The van der Waals surface area contributed by atoms with Gasteiger partial charge in [0.1, 0.15) is 12.4 Å². The molecule has 0 saturated heterocycles. The summed E-state index contributed by atoms with van der Waals surface area (Å²) in [5.41, 5.74) is 0.120. The zero-order valence-corrected chi connectivity index (χ0v) is 11.0. The largest absolute Gasteiger partial charge is 0.495 e. The Bertz CT molecular complexity index is 473. The van der Waals surface area contributed by atoms with Crippen molar-refractivity contribution in [1.82, 2.24) is 0 Å². The number of ether oxygens (including phenoxy) is 2. The average molecular weight is 268 g/mol. The number of hydrogen-bond donors (Lipinski definition) is 1.